The predicted octanol–water partition coefficient (Wildman–Crippen LogP) is 3.98. The molecule has 1 unspecified atom stereocenters. The topological polar surface area (TPSA) is 78.5 Å². The zero-order valence-electron chi connectivity index (χ0n) is 18.2. The summed E-state index contributed by atoms with van der Waals surface area (Å²) >= 11 is 0. The number of para-hydroxylation sites is 1. The van der Waals surface area contributed by atoms with Crippen LogP contribution in [-0.2, 0) is 4.79 Å². The highest BCUT2D eigenvalue weighted by Gasteiger charge is 2.29. The fourth-order valence-corrected chi connectivity index (χ4v) is 3.72. The summed E-state index contributed by atoms with van der Waals surface area (Å²) in [6.45, 7) is 4.74. The van der Waals surface area contributed by atoms with Crippen LogP contribution in [0.1, 0.15) is 53.8 Å². The standard InChI is InChI=1S/C24H27F2N3O3/c1-15(2)21(28-22(30)20-17(25)10-8-11-18(20)26)23(31)27-19-12-5-4-9-16(19)24(32)29-13-6-3-7-14-29/h4-5,8-12,15,21H,3,6-7,13-14H2,1-2H3,(H,27,31)(H,28,30). The maximum atomic E-state index is 14.0. The molecule has 170 valence electrons. The van der Waals surface area contributed by atoms with E-state index in [-0.39, 0.29) is 11.8 Å². The molecule has 0 aromatic heterocycles. The number of carbonyl (C=O) groups is 3. The lowest BCUT2D eigenvalue weighted by atomic mass is 10.0. The molecule has 1 atom stereocenters. The fourth-order valence-electron chi connectivity index (χ4n) is 3.72. The minimum absolute atomic E-state index is 0.167. The first kappa shape index (κ1) is 23.4. The van der Waals surface area contributed by atoms with Crippen molar-refractivity contribution in [2.75, 3.05) is 18.4 Å². The van der Waals surface area contributed by atoms with Gasteiger partial charge >= 0.3 is 0 Å². The van der Waals surface area contributed by atoms with E-state index < -0.39 is 35.1 Å². The van der Waals surface area contributed by atoms with Gasteiger partial charge in [-0.25, -0.2) is 8.78 Å². The van der Waals surface area contributed by atoms with E-state index in [0.717, 1.165) is 37.5 Å². The van der Waals surface area contributed by atoms with Gasteiger partial charge in [0.05, 0.1) is 11.3 Å². The predicted molar refractivity (Wildman–Crippen MR) is 117 cm³/mol. The normalized spacial score (nSPS) is 14.7. The van der Waals surface area contributed by atoms with Crippen molar-refractivity contribution in [3.63, 3.8) is 0 Å². The van der Waals surface area contributed by atoms with Gasteiger partial charge in [-0.3, -0.25) is 14.4 Å². The summed E-state index contributed by atoms with van der Waals surface area (Å²) in [5.41, 5.74) is -0.0617. The molecule has 32 heavy (non-hydrogen) atoms. The van der Waals surface area contributed by atoms with Crippen molar-refractivity contribution in [1.29, 1.82) is 0 Å². The Morgan fingerprint density at radius 2 is 1.53 bits per heavy atom. The van der Waals surface area contributed by atoms with Gasteiger partial charge in [0, 0.05) is 13.1 Å². The summed E-state index contributed by atoms with van der Waals surface area (Å²) in [6.07, 6.45) is 2.96. The first-order chi connectivity index (χ1) is 15.3. The van der Waals surface area contributed by atoms with Crippen LogP contribution in [0.5, 0.6) is 0 Å². The average Bonchev–Trinajstić information content (AvgIpc) is 2.77. The second-order valence-electron chi connectivity index (χ2n) is 8.18. The number of benzene rings is 2. The highest BCUT2D eigenvalue weighted by Crippen LogP contribution is 2.21. The maximum absolute atomic E-state index is 14.0. The van der Waals surface area contributed by atoms with E-state index >= 15 is 0 Å². The molecule has 3 rings (SSSR count). The molecule has 2 aromatic rings. The SMILES string of the molecule is CC(C)C(NC(=O)c1c(F)cccc1F)C(=O)Nc1ccccc1C(=O)N1CCCCC1. The molecule has 0 radical (unpaired) electrons. The third kappa shape index (κ3) is 5.30. The number of amides is 3. The van der Waals surface area contributed by atoms with Crippen LogP contribution in [0.25, 0.3) is 0 Å². The van der Waals surface area contributed by atoms with E-state index in [0.29, 0.717) is 24.3 Å². The summed E-state index contributed by atoms with van der Waals surface area (Å²) in [5, 5.41) is 5.13. The maximum Gasteiger partial charge on any atom is 0.257 e. The second kappa shape index (κ2) is 10.3. The van der Waals surface area contributed by atoms with Crippen molar-refractivity contribution in [1.82, 2.24) is 10.2 Å². The van der Waals surface area contributed by atoms with E-state index in [9.17, 15) is 23.2 Å². The van der Waals surface area contributed by atoms with Crippen LogP contribution < -0.4 is 10.6 Å². The second-order valence-corrected chi connectivity index (χ2v) is 8.18. The molecule has 1 saturated heterocycles. The number of likely N-dealkylation sites (tertiary alicyclic amines) is 1. The lowest BCUT2D eigenvalue weighted by Crippen LogP contribution is -2.47. The Bertz CT molecular complexity index is 983. The van der Waals surface area contributed by atoms with Crippen LogP contribution in [0.3, 0.4) is 0 Å². The minimum Gasteiger partial charge on any atom is -0.340 e. The third-order valence-electron chi connectivity index (χ3n) is 5.48. The van der Waals surface area contributed by atoms with Gasteiger partial charge in [0.2, 0.25) is 5.91 Å². The summed E-state index contributed by atoms with van der Waals surface area (Å²) in [4.78, 5) is 40.2. The van der Waals surface area contributed by atoms with Crippen LogP contribution in [0.15, 0.2) is 42.5 Å². The van der Waals surface area contributed by atoms with Crippen LogP contribution in [-0.4, -0.2) is 41.8 Å². The summed E-state index contributed by atoms with van der Waals surface area (Å²) < 4.78 is 28.0. The lowest BCUT2D eigenvalue weighted by Gasteiger charge is -2.28. The highest BCUT2D eigenvalue weighted by atomic mass is 19.1. The number of carbonyl (C=O) groups excluding carboxylic acids is 3. The number of halogens is 2. The number of nitrogens with one attached hydrogen (secondary N) is 2. The van der Waals surface area contributed by atoms with Crippen molar-refractivity contribution >= 4 is 23.4 Å². The molecule has 0 bridgehead atoms. The van der Waals surface area contributed by atoms with Crippen molar-refractivity contribution < 1.29 is 23.2 Å². The number of nitrogens with zero attached hydrogens (tertiary/aromatic N) is 1. The third-order valence-corrected chi connectivity index (χ3v) is 5.48. The zero-order valence-corrected chi connectivity index (χ0v) is 18.2. The van der Waals surface area contributed by atoms with E-state index in [1.807, 2.05) is 0 Å². The minimum atomic E-state index is -1.07. The molecule has 0 saturated carbocycles. The van der Waals surface area contributed by atoms with Gasteiger partial charge in [-0.05, 0) is 49.4 Å². The van der Waals surface area contributed by atoms with Gasteiger partial charge in [-0.15, -0.1) is 0 Å². The molecule has 2 N–H and O–H groups in total. The summed E-state index contributed by atoms with van der Waals surface area (Å²) in [6, 6.07) is 8.71. The molecule has 0 aliphatic carbocycles. The number of hydrogen-bond acceptors (Lipinski definition) is 3. The van der Waals surface area contributed by atoms with Gasteiger partial charge in [0.15, 0.2) is 0 Å². The van der Waals surface area contributed by atoms with Crippen molar-refractivity contribution in [2.45, 2.75) is 39.2 Å². The molecule has 1 aliphatic rings. The van der Waals surface area contributed by atoms with Crippen molar-refractivity contribution in [2.24, 2.45) is 5.92 Å². The van der Waals surface area contributed by atoms with E-state index in [2.05, 4.69) is 10.6 Å². The molecule has 3 amide bonds. The number of hydrogen-bond donors (Lipinski definition) is 2. The lowest BCUT2D eigenvalue weighted by molar-refractivity contribution is -0.118. The first-order valence-electron chi connectivity index (χ1n) is 10.7. The highest BCUT2D eigenvalue weighted by molar-refractivity contribution is 6.06. The van der Waals surface area contributed by atoms with E-state index in [1.165, 1.54) is 0 Å². The Morgan fingerprint density at radius 3 is 2.16 bits per heavy atom. The fraction of sp³-hybridized carbons (Fsp3) is 0.375. The number of anilines is 1. The van der Waals surface area contributed by atoms with Gasteiger partial charge < -0.3 is 15.5 Å². The molecule has 1 fully saturated rings. The number of rotatable bonds is 6. The van der Waals surface area contributed by atoms with Crippen LogP contribution in [0, 0.1) is 17.6 Å². The Morgan fingerprint density at radius 1 is 0.906 bits per heavy atom. The van der Waals surface area contributed by atoms with Crippen LogP contribution in [0.4, 0.5) is 14.5 Å². The van der Waals surface area contributed by atoms with E-state index in [1.54, 1.807) is 43.0 Å². The molecule has 1 aliphatic heterocycles. The Labute approximate surface area is 186 Å². The van der Waals surface area contributed by atoms with Gasteiger partial charge in [-0.2, -0.15) is 0 Å². The van der Waals surface area contributed by atoms with Crippen molar-refractivity contribution in [3.8, 4) is 0 Å². The molecule has 6 nitrogen and oxygen atoms in total. The van der Waals surface area contributed by atoms with Gasteiger partial charge in [0.25, 0.3) is 11.8 Å². The van der Waals surface area contributed by atoms with Crippen LogP contribution >= 0.6 is 0 Å². The molecule has 1 heterocycles. The Hall–Kier alpha value is -3.29. The zero-order chi connectivity index (χ0) is 23.3. The Balaban J connectivity index is 1.78. The molecule has 8 heteroatoms. The quantitative estimate of drug-likeness (QED) is 0.709. The summed E-state index contributed by atoms with van der Waals surface area (Å²) in [7, 11) is 0. The van der Waals surface area contributed by atoms with Crippen molar-refractivity contribution in [3.05, 3.63) is 65.2 Å². The smallest absolute Gasteiger partial charge is 0.257 e. The molecule has 2 aromatic carbocycles. The Kier molecular flexibility index (Phi) is 7.56. The van der Waals surface area contributed by atoms with Crippen LogP contribution in [0.2, 0.25) is 0 Å². The molecular weight excluding hydrogens is 416 g/mol. The average molecular weight is 443 g/mol. The molecular formula is C24H27F2N3O3. The summed E-state index contributed by atoms with van der Waals surface area (Å²) in [5.74, 6) is -4.17. The first-order valence-corrected chi connectivity index (χ1v) is 10.7. The largest absolute Gasteiger partial charge is 0.340 e. The molecule has 0 spiro atoms. The van der Waals surface area contributed by atoms with E-state index in [4.69, 9.17) is 0 Å². The van der Waals surface area contributed by atoms with Gasteiger partial charge in [-0.1, -0.05) is 32.0 Å². The monoisotopic (exact) mass is 443 g/mol. The number of piperidine rings is 1. The van der Waals surface area contributed by atoms with Gasteiger partial charge in [0.1, 0.15) is 23.2 Å².